The third-order valence-electron chi connectivity index (χ3n) is 9.70. The van der Waals surface area contributed by atoms with Gasteiger partial charge in [-0.05, 0) is 65.9 Å². The molecular formula is C48H34N4. The lowest BCUT2D eigenvalue weighted by Gasteiger charge is -2.12. The molecule has 4 heteroatoms. The molecular weight excluding hydrogens is 633 g/mol. The Labute approximate surface area is 303 Å². The summed E-state index contributed by atoms with van der Waals surface area (Å²) in [5.74, 6) is 0.698. The Morgan fingerprint density at radius 1 is 0.327 bits per heavy atom. The Balaban J connectivity index is 1.06. The van der Waals surface area contributed by atoms with E-state index in [2.05, 4.69) is 153 Å². The van der Waals surface area contributed by atoms with E-state index in [4.69, 9.17) is 19.9 Å². The summed E-state index contributed by atoms with van der Waals surface area (Å²) in [6.45, 7) is 4.18. The first kappa shape index (κ1) is 31.2. The Hall–Kier alpha value is -6.78. The van der Waals surface area contributed by atoms with Crippen molar-refractivity contribution >= 4 is 21.8 Å². The number of pyridine rings is 2. The highest BCUT2D eigenvalue weighted by molar-refractivity contribution is 6.04. The monoisotopic (exact) mass is 666 g/mol. The lowest BCUT2D eigenvalue weighted by molar-refractivity contribution is 1.18. The second-order valence-corrected chi connectivity index (χ2v) is 13.2. The van der Waals surface area contributed by atoms with Crippen molar-refractivity contribution < 1.29 is 0 Å². The van der Waals surface area contributed by atoms with Crippen LogP contribution in [0.2, 0.25) is 0 Å². The van der Waals surface area contributed by atoms with Crippen LogP contribution in [0.1, 0.15) is 11.3 Å². The molecule has 9 aromatic rings. The second-order valence-electron chi connectivity index (χ2n) is 13.2. The Morgan fingerprint density at radius 3 is 1.56 bits per heavy atom. The second kappa shape index (κ2) is 13.2. The van der Waals surface area contributed by atoms with Gasteiger partial charge in [-0.15, -0.1) is 0 Å². The summed E-state index contributed by atoms with van der Waals surface area (Å²) in [4.78, 5) is 20.2. The van der Waals surface area contributed by atoms with E-state index in [-0.39, 0.29) is 0 Å². The van der Waals surface area contributed by atoms with Gasteiger partial charge in [-0.3, -0.25) is 4.98 Å². The molecule has 0 fully saturated rings. The van der Waals surface area contributed by atoms with Gasteiger partial charge in [0.25, 0.3) is 0 Å². The summed E-state index contributed by atoms with van der Waals surface area (Å²) in [5.41, 5.74) is 15.5. The molecule has 246 valence electrons. The average Bonchev–Trinajstić information content (AvgIpc) is 3.21. The van der Waals surface area contributed by atoms with E-state index in [9.17, 15) is 0 Å². The zero-order chi connectivity index (χ0) is 35.0. The van der Waals surface area contributed by atoms with Crippen LogP contribution in [-0.2, 0) is 0 Å². The molecule has 4 nitrogen and oxygen atoms in total. The highest BCUT2D eigenvalue weighted by Gasteiger charge is 2.13. The van der Waals surface area contributed by atoms with Crippen LogP contribution in [0.3, 0.4) is 0 Å². The third kappa shape index (κ3) is 6.01. The zero-order valence-corrected chi connectivity index (χ0v) is 29.0. The van der Waals surface area contributed by atoms with Crippen molar-refractivity contribution in [2.45, 2.75) is 13.8 Å². The molecule has 0 atom stereocenters. The molecule has 0 aliphatic rings. The normalized spacial score (nSPS) is 11.3. The van der Waals surface area contributed by atoms with E-state index >= 15 is 0 Å². The van der Waals surface area contributed by atoms with Crippen molar-refractivity contribution in [1.82, 2.24) is 19.9 Å². The van der Waals surface area contributed by atoms with E-state index in [1.165, 1.54) is 11.1 Å². The van der Waals surface area contributed by atoms with Gasteiger partial charge in [0.1, 0.15) is 0 Å². The lowest BCUT2D eigenvalue weighted by Crippen LogP contribution is -1.96. The molecule has 0 aliphatic heterocycles. The van der Waals surface area contributed by atoms with E-state index in [0.29, 0.717) is 5.82 Å². The molecule has 0 saturated heterocycles. The smallest absolute Gasteiger partial charge is 0.160 e. The number of benzene rings is 6. The van der Waals surface area contributed by atoms with E-state index in [0.717, 1.165) is 83.5 Å². The topological polar surface area (TPSA) is 51.6 Å². The summed E-state index contributed by atoms with van der Waals surface area (Å²) in [6.07, 6.45) is 0. The van der Waals surface area contributed by atoms with Gasteiger partial charge >= 0.3 is 0 Å². The first-order chi connectivity index (χ1) is 25.6. The highest BCUT2D eigenvalue weighted by atomic mass is 14.9. The van der Waals surface area contributed by atoms with Gasteiger partial charge in [0.05, 0.1) is 28.1 Å². The molecule has 0 radical (unpaired) electrons. The Bertz CT molecular complexity index is 2720. The molecule has 3 aromatic heterocycles. The minimum absolute atomic E-state index is 0.698. The van der Waals surface area contributed by atoms with Gasteiger partial charge in [0.15, 0.2) is 5.82 Å². The van der Waals surface area contributed by atoms with Crippen LogP contribution in [0, 0.1) is 13.8 Å². The maximum atomic E-state index is 5.17. The quantitative estimate of drug-likeness (QED) is 0.166. The van der Waals surface area contributed by atoms with Crippen molar-refractivity contribution in [3.05, 3.63) is 181 Å². The summed E-state index contributed by atoms with van der Waals surface area (Å²) in [6, 6.07) is 59.2. The largest absolute Gasteiger partial charge is 0.251 e. The van der Waals surface area contributed by atoms with Crippen LogP contribution in [0.4, 0.5) is 0 Å². The van der Waals surface area contributed by atoms with Gasteiger partial charge in [-0.1, -0.05) is 146 Å². The fourth-order valence-corrected chi connectivity index (χ4v) is 6.90. The highest BCUT2D eigenvalue weighted by Crippen LogP contribution is 2.33. The minimum atomic E-state index is 0.698. The molecule has 3 heterocycles. The van der Waals surface area contributed by atoms with Crippen LogP contribution < -0.4 is 0 Å². The van der Waals surface area contributed by atoms with Crippen LogP contribution in [0.25, 0.3) is 89.2 Å². The van der Waals surface area contributed by atoms with Crippen molar-refractivity contribution in [2.24, 2.45) is 0 Å². The SMILES string of the molecule is Cc1ccc2ccc3c(C)cc(-c4cccc(-c5ccc(-c6cc(-c7ccccc7)nc(-c7ccc(-c8ccccc8)cc7)n6)cc5)c4)nc3c2n1. The maximum Gasteiger partial charge on any atom is 0.160 e. The van der Waals surface area contributed by atoms with Crippen LogP contribution in [-0.4, -0.2) is 19.9 Å². The molecule has 52 heavy (non-hydrogen) atoms. The van der Waals surface area contributed by atoms with Crippen molar-refractivity contribution in [3.63, 3.8) is 0 Å². The number of hydrogen-bond donors (Lipinski definition) is 0. The van der Waals surface area contributed by atoms with Gasteiger partial charge in [-0.25, -0.2) is 15.0 Å². The van der Waals surface area contributed by atoms with Crippen LogP contribution in [0.15, 0.2) is 170 Å². The van der Waals surface area contributed by atoms with Crippen molar-refractivity contribution in [2.75, 3.05) is 0 Å². The van der Waals surface area contributed by atoms with Gasteiger partial charge in [0.2, 0.25) is 0 Å². The molecule has 0 bridgehead atoms. The van der Waals surface area contributed by atoms with Crippen LogP contribution in [0.5, 0.6) is 0 Å². The predicted octanol–water partition coefficient (Wildman–Crippen LogP) is 12.2. The molecule has 6 aromatic carbocycles. The minimum Gasteiger partial charge on any atom is -0.251 e. The Kier molecular flexibility index (Phi) is 7.90. The summed E-state index contributed by atoms with van der Waals surface area (Å²) in [5, 5.41) is 2.23. The number of fused-ring (bicyclic) bond motifs is 3. The van der Waals surface area contributed by atoms with Crippen molar-refractivity contribution in [3.8, 4) is 67.4 Å². The third-order valence-corrected chi connectivity index (χ3v) is 9.70. The first-order valence-corrected chi connectivity index (χ1v) is 17.6. The summed E-state index contributed by atoms with van der Waals surface area (Å²) >= 11 is 0. The number of hydrogen-bond acceptors (Lipinski definition) is 4. The first-order valence-electron chi connectivity index (χ1n) is 17.6. The standard InChI is InChI=1S/C48H34N4/c1-31-28-43(50-47-42(31)27-26-38-17-16-32(2)49-46(38)47)41-15-9-14-40(29-41)35-18-22-37(23-19-35)45-30-44(36-12-7-4-8-13-36)51-48(52-45)39-24-20-34(21-25-39)33-10-5-3-6-11-33/h3-30H,1-2H3. The van der Waals surface area contributed by atoms with E-state index < -0.39 is 0 Å². The predicted molar refractivity (Wildman–Crippen MR) is 215 cm³/mol. The molecule has 9 rings (SSSR count). The van der Waals surface area contributed by atoms with E-state index in [1.807, 2.05) is 31.2 Å². The fourth-order valence-electron chi connectivity index (χ4n) is 6.90. The number of aromatic nitrogens is 4. The molecule has 0 N–H and O–H groups in total. The summed E-state index contributed by atoms with van der Waals surface area (Å²) < 4.78 is 0. The lowest BCUT2D eigenvalue weighted by atomic mass is 9.98. The molecule has 0 spiro atoms. The van der Waals surface area contributed by atoms with Crippen molar-refractivity contribution in [1.29, 1.82) is 0 Å². The van der Waals surface area contributed by atoms with E-state index in [1.54, 1.807) is 0 Å². The van der Waals surface area contributed by atoms with Gasteiger partial charge in [0, 0.05) is 38.7 Å². The molecule has 0 amide bonds. The molecule has 0 aliphatic carbocycles. The van der Waals surface area contributed by atoms with Crippen LogP contribution >= 0.6 is 0 Å². The Morgan fingerprint density at radius 2 is 0.846 bits per heavy atom. The number of aryl methyl sites for hydroxylation is 2. The molecule has 0 saturated carbocycles. The number of nitrogens with zero attached hydrogens (tertiary/aromatic N) is 4. The number of rotatable bonds is 6. The zero-order valence-electron chi connectivity index (χ0n) is 29.0. The fraction of sp³-hybridized carbons (Fsp3) is 0.0417. The summed E-state index contributed by atoms with van der Waals surface area (Å²) in [7, 11) is 0. The maximum absolute atomic E-state index is 5.17. The van der Waals surface area contributed by atoms with Gasteiger partial charge in [-0.2, -0.15) is 0 Å². The average molecular weight is 667 g/mol. The molecule has 0 unspecified atom stereocenters. The van der Waals surface area contributed by atoms with Gasteiger partial charge < -0.3 is 0 Å².